The summed E-state index contributed by atoms with van der Waals surface area (Å²) in [5, 5.41) is 0.247. The number of aromatic amines is 1. The highest BCUT2D eigenvalue weighted by Gasteiger charge is 2.24. The lowest BCUT2D eigenvalue weighted by Crippen LogP contribution is -2.46. The molecule has 1 aliphatic heterocycles. The summed E-state index contributed by atoms with van der Waals surface area (Å²) in [7, 11) is 0. The molecule has 0 spiro atoms. The number of likely N-dealkylation sites (tertiary alicyclic amines) is 1. The Bertz CT molecular complexity index is 1160. The lowest BCUT2D eigenvalue weighted by atomic mass is 10.0. The minimum atomic E-state index is -0.563. The normalized spacial score (nSPS) is 14.8. The molecule has 9 heteroatoms. The molecule has 30 heavy (non-hydrogen) atoms. The molecule has 1 amide bonds. The smallest absolute Gasteiger partial charge is 0.337 e. The van der Waals surface area contributed by atoms with Crippen molar-refractivity contribution in [3.8, 4) is 6.01 Å². The molecule has 0 aliphatic carbocycles. The zero-order chi connectivity index (χ0) is 21.1. The molecule has 1 saturated heterocycles. The molecule has 2 N–H and O–H groups in total. The highest BCUT2D eigenvalue weighted by molar-refractivity contribution is 5.94. The van der Waals surface area contributed by atoms with Crippen molar-refractivity contribution in [2.24, 2.45) is 0 Å². The van der Waals surface area contributed by atoms with Crippen LogP contribution in [-0.2, 0) is 6.42 Å². The standard InChI is InChI=1S/C21H22N4O5/c1-2-13-12-16(26)29-19-17(13)18(27)22-21(23-19)30-24-15-8-10-25(11-9-15)20(28)14-6-4-3-5-7-14/h3-7,12,15,24H,2,8-11H2,1H3,(H,22,23,27). The zero-order valence-electron chi connectivity index (χ0n) is 16.5. The second kappa shape index (κ2) is 8.50. The Morgan fingerprint density at radius 2 is 2.00 bits per heavy atom. The average molecular weight is 410 g/mol. The van der Waals surface area contributed by atoms with Crippen LogP contribution in [0.15, 0.2) is 50.4 Å². The van der Waals surface area contributed by atoms with E-state index in [0.29, 0.717) is 43.5 Å². The Hall–Kier alpha value is -3.46. The molecule has 156 valence electrons. The van der Waals surface area contributed by atoms with Gasteiger partial charge < -0.3 is 14.2 Å². The molecule has 0 bridgehead atoms. The molecule has 0 unspecified atom stereocenters. The molecule has 4 rings (SSSR count). The number of hydroxylamine groups is 1. The first-order valence-corrected chi connectivity index (χ1v) is 9.89. The third-order valence-corrected chi connectivity index (χ3v) is 5.18. The van der Waals surface area contributed by atoms with Crippen LogP contribution in [0, 0.1) is 0 Å². The minimum Gasteiger partial charge on any atom is -0.403 e. The number of rotatable bonds is 5. The van der Waals surface area contributed by atoms with Gasteiger partial charge in [0, 0.05) is 30.8 Å². The van der Waals surface area contributed by atoms with E-state index in [1.807, 2.05) is 30.0 Å². The zero-order valence-corrected chi connectivity index (χ0v) is 16.5. The number of aryl methyl sites for hydroxylation is 1. The van der Waals surface area contributed by atoms with Crippen LogP contribution in [0.4, 0.5) is 0 Å². The highest BCUT2D eigenvalue weighted by Crippen LogP contribution is 2.16. The number of carbonyl (C=O) groups excluding carboxylic acids is 1. The number of hydrogen-bond acceptors (Lipinski definition) is 7. The molecule has 2 aromatic heterocycles. The van der Waals surface area contributed by atoms with E-state index in [0.717, 1.165) is 0 Å². The molecular formula is C21H22N4O5. The lowest BCUT2D eigenvalue weighted by molar-refractivity contribution is 0.0611. The van der Waals surface area contributed by atoms with Gasteiger partial charge in [-0.2, -0.15) is 4.98 Å². The summed E-state index contributed by atoms with van der Waals surface area (Å²) in [6.07, 6.45) is 1.88. The quantitative estimate of drug-likeness (QED) is 0.614. The molecule has 9 nitrogen and oxygen atoms in total. The highest BCUT2D eigenvalue weighted by atomic mass is 16.7. The van der Waals surface area contributed by atoms with Crippen molar-refractivity contribution in [3.05, 3.63) is 68.3 Å². The van der Waals surface area contributed by atoms with Crippen LogP contribution in [0.3, 0.4) is 0 Å². The Morgan fingerprint density at radius 1 is 1.27 bits per heavy atom. The number of nitrogens with one attached hydrogen (secondary N) is 2. The average Bonchev–Trinajstić information content (AvgIpc) is 2.77. The van der Waals surface area contributed by atoms with E-state index in [9.17, 15) is 14.4 Å². The molecular weight excluding hydrogens is 388 g/mol. The number of aromatic nitrogens is 2. The first-order valence-electron chi connectivity index (χ1n) is 9.89. The summed E-state index contributed by atoms with van der Waals surface area (Å²) < 4.78 is 5.06. The first kappa shape index (κ1) is 19.8. The van der Waals surface area contributed by atoms with Gasteiger partial charge in [0.05, 0.1) is 0 Å². The maximum absolute atomic E-state index is 12.5. The third kappa shape index (κ3) is 4.11. The second-order valence-electron chi connectivity index (χ2n) is 7.15. The fraction of sp³-hybridized carbons (Fsp3) is 0.333. The Labute approximate surface area is 171 Å². The first-order chi connectivity index (χ1) is 14.5. The summed E-state index contributed by atoms with van der Waals surface area (Å²) in [6, 6.07) is 10.4. The maximum Gasteiger partial charge on any atom is 0.337 e. The number of nitrogens with zero attached hydrogens (tertiary/aromatic N) is 2. The molecule has 1 aliphatic rings. The van der Waals surface area contributed by atoms with Crippen LogP contribution in [0.1, 0.15) is 35.7 Å². The summed E-state index contributed by atoms with van der Waals surface area (Å²) >= 11 is 0. The summed E-state index contributed by atoms with van der Waals surface area (Å²) in [6.45, 7) is 3.02. The fourth-order valence-electron chi connectivity index (χ4n) is 3.56. The molecule has 1 aromatic carbocycles. The van der Waals surface area contributed by atoms with Gasteiger partial charge in [0.2, 0.25) is 5.71 Å². The van der Waals surface area contributed by atoms with Crippen molar-refractivity contribution < 1.29 is 14.0 Å². The third-order valence-electron chi connectivity index (χ3n) is 5.18. The van der Waals surface area contributed by atoms with Crippen molar-refractivity contribution in [2.45, 2.75) is 32.2 Å². The molecule has 0 atom stereocenters. The number of carbonyl (C=O) groups is 1. The van der Waals surface area contributed by atoms with Gasteiger partial charge in [0.15, 0.2) is 0 Å². The number of benzene rings is 1. The molecule has 3 heterocycles. The van der Waals surface area contributed by atoms with Crippen LogP contribution in [0.2, 0.25) is 0 Å². The SMILES string of the molecule is CCc1cc(=O)oc2nc(ONC3CCN(C(=O)c4ccccc4)CC3)[nH]c(=O)c12. The van der Waals surface area contributed by atoms with Crippen LogP contribution in [-0.4, -0.2) is 39.9 Å². The van der Waals surface area contributed by atoms with Crippen LogP contribution in [0.5, 0.6) is 6.01 Å². The van der Waals surface area contributed by atoms with Gasteiger partial charge in [-0.25, -0.2) is 4.79 Å². The van der Waals surface area contributed by atoms with Crippen LogP contribution >= 0.6 is 0 Å². The number of fused-ring (bicyclic) bond motifs is 1. The molecule has 0 saturated carbocycles. The van der Waals surface area contributed by atoms with E-state index < -0.39 is 11.2 Å². The van der Waals surface area contributed by atoms with Crippen molar-refractivity contribution in [1.82, 2.24) is 20.3 Å². The second-order valence-corrected chi connectivity index (χ2v) is 7.15. The van der Waals surface area contributed by atoms with Gasteiger partial charge in [-0.05, 0) is 37.0 Å². The number of amides is 1. The van der Waals surface area contributed by atoms with Crippen LogP contribution in [0.25, 0.3) is 11.1 Å². The Morgan fingerprint density at radius 3 is 2.70 bits per heavy atom. The number of H-pyrrole nitrogens is 1. The molecule has 3 aromatic rings. The van der Waals surface area contributed by atoms with Gasteiger partial charge in [-0.3, -0.25) is 14.6 Å². The summed E-state index contributed by atoms with van der Waals surface area (Å²) in [5.74, 6) is 0.0113. The van der Waals surface area contributed by atoms with Gasteiger partial charge in [0.1, 0.15) is 5.39 Å². The minimum absolute atomic E-state index is 0.0113. The van der Waals surface area contributed by atoms with E-state index in [4.69, 9.17) is 9.25 Å². The Kier molecular flexibility index (Phi) is 5.62. The van der Waals surface area contributed by atoms with E-state index in [2.05, 4.69) is 15.4 Å². The van der Waals surface area contributed by atoms with E-state index in [-0.39, 0.29) is 29.1 Å². The van der Waals surface area contributed by atoms with Crippen molar-refractivity contribution >= 4 is 17.0 Å². The van der Waals surface area contributed by atoms with E-state index >= 15 is 0 Å². The number of piperidine rings is 1. The van der Waals surface area contributed by atoms with Gasteiger partial charge >= 0.3 is 11.6 Å². The monoisotopic (exact) mass is 410 g/mol. The van der Waals surface area contributed by atoms with Crippen molar-refractivity contribution in [2.75, 3.05) is 13.1 Å². The Balaban J connectivity index is 1.39. The molecule has 0 radical (unpaired) electrons. The van der Waals surface area contributed by atoms with Crippen molar-refractivity contribution in [3.63, 3.8) is 0 Å². The predicted octanol–water partition coefficient (Wildman–Crippen LogP) is 1.63. The van der Waals surface area contributed by atoms with Crippen LogP contribution < -0.4 is 21.5 Å². The van der Waals surface area contributed by atoms with Gasteiger partial charge in [-0.1, -0.05) is 25.1 Å². The topological polar surface area (TPSA) is 118 Å². The summed E-state index contributed by atoms with van der Waals surface area (Å²) in [5.41, 5.74) is 3.08. The summed E-state index contributed by atoms with van der Waals surface area (Å²) in [4.78, 5) is 50.5. The van der Waals surface area contributed by atoms with Crippen molar-refractivity contribution in [1.29, 1.82) is 0 Å². The lowest BCUT2D eigenvalue weighted by Gasteiger charge is -2.31. The predicted molar refractivity (Wildman–Crippen MR) is 109 cm³/mol. The van der Waals surface area contributed by atoms with E-state index in [1.54, 1.807) is 12.1 Å². The largest absolute Gasteiger partial charge is 0.403 e. The fourth-order valence-corrected chi connectivity index (χ4v) is 3.56. The van der Waals surface area contributed by atoms with E-state index in [1.165, 1.54) is 6.07 Å². The van der Waals surface area contributed by atoms with Gasteiger partial charge in [-0.15, -0.1) is 5.48 Å². The molecule has 1 fully saturated rings. The maximum atomic E-state index is 12.5. The number of hydrogen-bond donors (Lipinski definition) is 2. The van der Waals surface area contributed by atoms with Gasteiger partial charge in [0.25, 0.3) is 11.5 Å².